The number of carbonyl (C=O) groups excluding carboxylic acids is 1. The highest BCUT2D eigenvalue weighted by Crippen LogP contribution is 2.44. The smallest absolute Gasteiger partial charge is 0.255 e. The summed E-state index contributed by atoms with van der Waals surface area (Å²) < 4.78 is 1.67. The molecule has 5 nitrogen and oxygen atoms in total. The minimum atomic E-state index is -0.129. The summed E-state index contributed by atoms with van der Waals surface area (Å²) in [4.78, 5) is 12.1. The number of nitrogens with zero attached hydrogens (tertiary/aromatic N) is 2. The van der Waals surface area contributed by atoms with E-state index in [9.17, 15) is 9.90 Å². The molecule has 2 aromatic rings. The van der Waals surface area contributed by atoms with Crippen LogP contribution in [-0.4, -0.2) is 33.8 Å². The molecule has 0 aromatic carbocycles. The lowest BCUT2D eigenvalue weighted by Crippen LogP contribution is -2.31. The summed E-state index contributed by atoms with van der Waals surface area (Å²) >= 11 is 0. The van der Waals surface area contributed by atoms with Crippen LogP contribution in [0.1, 0.15) is 23.2 Å². The molecule has 0 radical (unpaired) electrons. The topological polar surface area (TPSA) is 66.6 Å². The number of carbonyl (C=O) groups is 1. The van der Waals surface area contributed by atoms with Crippen molar-refractivity contribution in [3.05, 3.63) is 36.2 Å². The molecule has 3 rings (SSSR count). The van der Waals surface area contributed by atoms with Crippen LogP contribution >= 0.6 is 0 Å². The van der Waals surface area contributed by atoms with Crippen LogP contribution < -0.4 is 5.32 Å². The molecule has 2 N–H and O–H groups in total. The molecule has 1 fully saturated rings. The number of aliphatic hydroxyl groups excluding tert-OH is 1. The van der Waals surface area contributed by atoms with Gasteiger partial charge in [0.1, 0.15) is 0 Å². The number of hydrogen-bond acceptors (Lipinski definition) is 3. The number of rotatable bonds is 4. The van der Waals surface area contributed by atoms with Gasteiger partial charge in [0.15, 0.2) is 0 Å². The molecule has 2 aromatic heterocycles. The van der Waals surface area contributed by atoms with Crippen LogP contribution in [0.4, 0.5) is 0 Å². The third-order valence-electron chi connectivity index (χ3n) is 3.59. The molecule has 94 valence electrons. The first-order chi connectivity index (χ1) is 8.74. The van der Waals surface area contributed by atoms with Crippen molar-refractivity contribution in [2.75, 3.05) is 13.2 Å². The zero-order valence-corrected chi connectivity index (χ0v) is 9.97. The fourth-order valence-corrected chi connectivity index (χ4v) is 2.04. The molecule has 0 aliphatic heterocycles. The Kier molecular flexibility index (Phi) is 2.56. The molecule has 1 aliphatic carbocycles. The van der Waals surface area contributed by atoms with E-state index in [1.54, 1.807) is 10.7 Å². The lowest BCUT2D eigenvalue weighted by Gasteiger charge is -2.12. The summed E-state index contributed by atoms with van der Waals surface area (Å²) in [6, 6.07) is 5.61. The Labute approximate surface area is 104 Å². The van der Waals surface area contributed by atoms with Gasteiger partial charge in [-0.15, -0.1) is 0 Å². The summed E-state index contributed by atoms with van der Waals surface area (Å²) in [5, 5.41) is 16.2. The number of amides is 1. The standard InChI is InChI=1S/C13H15N3O2/c17-9-13(4-5-13)8-14-12(18)10-7-15-16-6-2-1-3-11(10)16/h1-3,6-7,17H,4-5,8-9H2,(H,14,18). The molecule has 1 amide bonds. The summed E-state index contributed by atoms with van der Waals surface area (Å²) in [7, 11) is 0. The Morgan fingerprint density at radius 2 is 2.33 bits per heavy atom. The van der Waals surface area contributed by atoms with Gasteiger partial charge in [-0.2, -0.15) is 5.10 Å². The van der Waals surface area contributed by atoms with Crippen LogP contribution in [-0.2, 0) is 0 Å². The van der Waals surface area contributed by atoms with E-state index in [0.29, 0.717) is 12.1 Å². The summed E-state index contributed by atoms with van der Waals surface area (Å²) in [5.74, 6) is -0.129. The van der Waals surface area contributed by atoms with Gasteiger partial charge in [0.2, 0.25) is 0 Å². The number of aromatic nitrogens is 2. The first kappa shape index (κ1) is 11.2. The minimum absolute atomic E-state index is 0.0708. The summed E-state index contributed by atoms with van der Waals surface area (Å²) in [5.41, 5.74) is 1.30. The van der Waals surface area contributed by atoms with Crippen LogP contribution in [0.15, 0.2) is 30.6 Å². The Morgan fingerprint density at radius 1 is 1.50 bits per heavy atom. The number of nitrogens with one attached hydrogen (secondary N) is 1. The number of pyridine rings is 1. The second kappa shape index (κ2) is 4.10. The van der Waals surface area contributed by atoms with E-state index in [-0.39, 0.29) is 17.9 Å². The van der Waals surface area contributed by atoms with E-state index >= 15 is 0 Å². The molecule has 1 aliphatic rings. The van der Waals surface area contributed by atoms with Gasteiger partial charge < -0.3 is 10.4 Å². The second-order valence-corrected chi connectivity index (χ2v) is 4.93. The fourth-order valence-electron chi connectivity index (χ4n) is 2.04. The molecular formula is C13H15N3O2. The molecule has 18 heavy (non-hydrogen) atoms. The van der Waals surface area contributed by atoms with Gasteiger partial charge in [-0.3, -0.25) is 4.79 Å². The van der Waals surface area contributed by atoms with Gasteiger partial charge in [-0.25, -0.2) is 4.52 Å². The highest BCUT2D eigenvalue weighted by molar-refractivity contribution is 6.00. The molecule has 1 saturated carbocycles. The van der Waals surface area contributed by atoms with Crippen molar-refractivity contribution < 1.29 is 9.90 Å². The quantitative estimate of drug-likeness (QED) is 0.838. The van der Waals surface area contributed by atoms with Crippen LogP contribution in [0.25, 0.3) is 5.52 Å². The van der Waals surface area contributed by atoms with Crippen molar-refractivity contribution in [2.24, 2.45) is 5.41 Å². The van der Waals surface area contributed by atoms with E-state index in [4.69, 9.17) is 0 Å². The Balaban J connectivity index is 1.76. The third-order valence-corrected chi connectivity index (χ3v) is 3.59. The molecule has 0 saturated heterocycles. The maximum absolute atomic E-state index is 12.1. The van der Waals surface area contributed by atoms with Crippen molar-refractivity contribution in [3.63, 3.8) is 0 Å². The lowest BCUT2D eigenvalue weighted by atomic mass is 10.1. The van der Waals surface area contributed by atoms with E-state index in [1.165, 1.54) is 0 Å². The van der Waals surface area contributed by atoms with E-state index in [1.807, 2.05) is 24.4 Å². The normalized spacial score (nSPS) is 16.7. The van der Waals surface area contributed by atoms with E-state index in [0.717, 1.165) is 18.4 Å². The predicted octanol–water partition coefficient (Wildman–Crippen LogP) is 0.837. The SMILES string of the molecule is O=C(NCC1(CO)CC1)c1cnn2ccccc12. The molecule has 5 heteroatoms. The first-order valence-corrected chi connectivity index (χ1v) is 6.06. The first-order valence-electron chi connectivity index (χ1n) is 6.06. The Morgan fingerprint density at radius 3 is 3.06 bits per heavy atom. The summed E-state index contributed by atoms with van der Waals surface area (Å²) in [6.07, 6.45) is 5.35. The molecule has 0 bridgehead atoms. The van der Waals surface area contributed by atoms with Crippen molar-refractivity contribution in [3.8, 4) is 0 Å². The average Bonchev–Trinajstić information content (AvgIpc) is 3.07. The molecule has 2 heterocycles. The minimum Gasteiger partial charge on any atom is -0.396 e. The van der Waals surface area contributed by atoms with Gasteiger partial charge in [-0.1, -0.05) is 6.07 Å². The zero-order chi connectivity index (χ0) is 12.6. The monoisotopic (exact) mass is 245 g/mol. The lowest BCUT2D eigenvalue weighted by molar-refractivity contribution is 0.0937. The van der Waals surface area contributed by atoms with Crippen molar-refractivity contribution in [2.45, 2.75) is 12.8 Å². The largest absolute Gasteiger partial charge is 0.396 e. The molecular weight excluding hydrogens is 230 g/mol. The second-order valence-electron chi connectivity index (χ2n) is 4.93. The van der Waals surface area contributed by atoms with Crippen molar-refractivity contribution in [1.82, 2.24) is 14.9 Å². The molecule has 0 spiro atoms. The van der Waals surface area contributed by atoms with Crippen LogP contribution in [0.5, 0.6) is 0 Å². The number of hydrogen-bond donors (Lipinski definition) is 2. The predicted molar refractivity (Wildman–Crippen MR) is 66.3 cm³/mol. The van der Waals surface area contributed by atoms with Crippen molar-refractivity contribution >= 4 is 11.4 Å². The highest BCUT2D eigenvalue weighted by atomic mass is 16.3. The third kappa shape index (κ3) is 1.86. The highest BCUT2D eigenvalue weighted by Gasteiger charge is 2.42. The Bertz CT molecular complexity index is 587. The van der Waals surface area contributed by atoms with Crippen molar-refractivity contribution in [1.29, 1.82) is 0 Å². The summed E-state index contributed by atoms with van der Waals surface area (Å²) in [6.45, 7) is 0.675. The van der Waals surface area contributed by atoms with Crippen LogP contribution in [0, 0.1) is 5.41 Å². The van der Waals surface area contributed by atoms with E-state index in [2.05, 4.69) is 10.4 Å². The Hall–Kier alpha value is -1.88. The van der Waals surface area contributed by atoms with Gasteiger partial charge >= 0.3 is 0 Å². The molecule has 0 atom stereocenters. The fraction of sp³-hybridized carbons (Fsp3) is 0.385. The zero-order valence-electron chi connectivity index (χ0n) is 9.97. The van der Waals surface area contributed by atoms with E-state index < -0.39 is 0 Å². The van der Waals surface area contributed by atoms with Gasteiger partial charge in [0, 0.05) is 18.2 Å². The molecule has 0 unspecified atom stereocenters. The maximum Gasteiger partial charge on any atom is 0.255 e. The average molecular weight is 245 g/mol. The maximum atomic E-state index is 12.1. The number of aliphatic hydroxyl groups is 1. The van der Waals surface area contributed by atoms with Crippen LogP contribution in [0.3, 0.4) is 0 Å². The van der Waals surface area contributed by atoms with Crippen LogP contribution in [0.2, 0.25) is 0 Å². The number of fused-ring (bicyclic) bond motifs is 1. The van der Waals surface area contributed by atoms with Gasteiger partial charge in [0.05, 0.1) is 23.9 Å². The van der Waals surface area contributed by atoms with Gasteiger partial charge in [0.25, 0.3) is 5.91 Å². The van der Waals surface area contributed by atoms with Gasteiger partial charge in [-0.05, 0) is 25.0 Å².